The maximum Gasteiger partial charge on any atom is 0.240 e. The van der Waals surface area contributed by atoms with E-state index in [4.69, 9.17) is 16.9 Å². The van der Waals surface area contributed by atoms with E-state index in [0.717, 1.165) is 4.90 Å². The quantitative estimate of drug-likeness (QED) is 0.156. The van der Waals surface area contributed by atoms with Crippen LogP contribution in [0.3, 0.4) is 0 Å². The number of piperidine rings is 1. The van der Waals surface area contributed by atoms with E-state index >= 15 is 0 Å². The van der Waals surface area contributed by atoms with E-state index in [-0.39, 0.29) is 31.2 Å². The average molecular weight is 498 g/mol. The van der Waals surface area contributed by atoms with Crippen molar-refractivity contribution in [1.29, 1.82) is 5.41 Å². The monoisotopic (exact) mass is 497 g/mol. The molecule has 2 amide bonds. The molecule has 0 aromatic heterocycles. The number of likely N-dealkylation sites (N-methyl/N-ethyl adjacent to an activating group) is 1. The molecule has 3 unspecified atom stereocenters. The summed E-state index contributed by atoms with van der Waals surface area (Å²) in [4.78, 5) is 27.9. The Morgan fingerprint density at radius 3 is 2.62 bits per heavy atom. The third kappa shape index (κ3) is 8.24. The number of amides is 2. The van der Waals surface area contributed by atoms with Crippen LogP contribution in [-0.4, -0.2) is 86.1 Å². The van der Waals surface area contributed by atoms with Gasteiger partial charge in [0.25, 0.3) is 0 Å². The highest BCUT2D eigenvalue weighted by atomic mass is 32.2. The second-order valence-corrected chi connectivity index (χ2v) is 10.1. The lowest BCUT2D eigenvalue weighted by molar-refractivity contribution is -0.137. The molecule has 0 spiro atoms. The van der Waals surface area contributed by atoms with Gasteiger partial charge >= 0.3 is 0 Å². The van der Waals surface area contributed by atoms with Gasteiger partial charge in [-0.25, -0.2) is 13.1 Å². The number of hydrogen-bond donors (Lipinski definition) is 6. The molecule has 0 radical (unpaired) electrons. The Morgan fingerprint density at radius 1 is 1.32 bits per heavy atom. The molecule has 13 heteroatoms. The van der Waals surface area contributed by atoms with Crippen LogP contribution < -0.4 is 21.5 Å². The van der Waals surface area contributed by atoms with Gasteiger partial charge in [0.15, 0.2) is 5.96 Å². The zero-order valence-corrected chi connectivity index (χ0v) is 20.1. The van der Waals surface area contributed by atoms with Crippen molar-refractivity contribution < 1.29 is 23.1 Å². The summed E-state index contributed by atoms with van der Waals surface area (Å²) >= 11 is 0. The van der Waals surface area contributed by atoms with Gasteiger partial charge < -0.3 is 31.7 Å². The summed E-state index contributed by atoms with van der Waals surface area (Å²) < 4.78 is 27.8. The van der Waals surface area contributed by atoms with Crippen molar-refractivity contribution in [3.63, 3.8) is 0 Å². The third-order valence-corrected chi connectivity index (χ3v) is 6.88. The lowest BCUT2D eigenvalue weighted by atomic mass is 10.0. The second kappa shape index (κ2) is 12.6. The molecule has 0 bridgehead atoms. The topological polar surface area (TPSA) is 195 Å². The Morgan fingerprint density at radius 2 is 2.00 bits per heavy atom. The molecule has 1 saturated heterocycles. The van der Waals surface area contributed by atoms with E-state index in [9.17, 15) is 23.1 Å². The van der Waals surface area contributed by atoms with Crippen LogP contribution in [0, 0.1) is 5.41 Å². The minimum absolute atomic E-state index is 0.185. The SMILES string of the molecule is CN(CC(=O)NC1CCCN(C(=N)N)C1O)C(=O)C(CCCN)NS(=O)(=O)Cc1ccccc1. The molecule has 1 fully saturated rings. The number of aliphatic hydroxyl groups is 1. The van der Waals surface area contributed by atoms with Crippen molar-refractivity contribution in [1.82, 2.24) is 19.8 Å². The lowest BCUT2D eigenvalue weighted by Gasteiger charge is -2.38. The summed E-state index contributed by atoms with van der Waals surface area (Å²) in [5, 5.41) is 20.5. The number of aliphatic hydroxyl groups excluding tert-OH is 1. The fourth-order valence-corrected chi connectivity index (χ4v) is 5.18. The number of carbonyl (C=O) groups excluding carboxylic acids is 2. The highest BCUT2D eigenvalue weighted by Crippen LogP contribution is 2.15. The Kier molecular flexibility index (Phi) is 10.2. The van der Waals surface area contributed by atoms with E-state index in [2.05, 4.69) is 10.0 Å². The number of nitrogens with one attached hydrogen (secondary N) is 3. The number of nitrogens with two attached hydrogens (primary N) is 2. The van der Waals surface area contributed by atoms with E-state index in [1.54, 1.807) is 30.3 Å². The van der Waals surface area contributed by atoms with E-state index in [1.165, 1.54) is 11.9 Å². The number of nitrogens with zero attached hydrogens (tertiary/aromatic N) is 2. The number of carbonyl (C=O) groups is 2. The molecular formula is C21H35N7O5S. The van der Waals surface area contributed by atoms with Gasteiger partial charge in [-0.05, 0) is 37.8 Å². The minimum Gasteiger partial charge on any atom is -0.371 e. The van der Waals surface area contributed by atoms with Crippen molar-refractivity contribution in [3.8, 4) is 0 Å². The predicted molar refractivity (Wildman–Crippen MR) is 128 cm³/mol. The molecule has 0 saturated carbocycles. The van der Waals surface area contributed by atoms with Gasteiger partial charge in [-0.3, -0.25) is 15.0 Å². The second-order valence-electron chi connectivity index (χ2n) is 8.35. The first-order valence-corrected chi connectivity index (χ1v) is 12.8. The summed E-state index contributed by atoms with van der Waals surface area (Å²) in [5.41, 5.74) is 11.6. The highest BCUT2D eigenvalue weighted by Gasteiger charge is 2.33. The maximum absolute atomic E-state index is 13.0. The number of guanidine groups is 1. The third-order valence-electron chi connectivity index (χ3n) is 5.52. The number of rotatable bonds is 11. The first-order valence-electron chi connectivity index (χ1n) is 11.1. The van der Waals surface area contributed by atoms with E-state index < -0.39 is 40.1 Å². The first-order chi connectivity index (χ1) is 16.0. The molecule has 1 aliphatic heterocycles. The maximum atomic E-state index is 13.0. The summed E-state index contributed by atoms with van der Waals surface area (Å²) in [6, 6.07) is 6.88. The van der Waals surface area contributed by atoms with Gasteiger partial charge in [-0.15, -0.1) is 0 Å². The zero-order chi connectivity index (χ0) is 25.3. The Hall–Kier alpha value is -2.74. The number of benzene rings is 1. The fraction of sp³-hybridized carbons (Fsp3) is 0.571. The Labute approximate surface area is 200 Å². The normalized spacial score (nSPS) is 19.3. The lowest BCUT2D eigenvalue weighted by Crippen LogP contribution is -2.59. The van der Waals surface area contributed by atoms with Gasteiger partial charge in [0, 0.05) is 13.6 Å². The molecule has 2 rings (SSSR count). The summed E-state index contributed by atoms with van der Waals surface area (Å²) in [6.07, 6.45) is 0.579. The van der Waals surface area contributed by atoms with Crippen LogP contribution in [0.2, 0.25) is 0 Å². The minimum atomic E-state index is -3.82. The van der Waals surface area contributed by atoms with Crippen LogP contribution in [0.15, 0.2) is 30.3 Å². The molecule has 1 heterocycles. The molecule has 34 heavy (non-hydrogen) atoms. The average Bonchev–Trinajstić information content (AvgIpc) is 2.77. The van der Waals surface area contributed by atoms with E-state index in [0.29, 0.717) is 31.4 Å². The van der Waals surface area contributed by atoms with Crippen molar-refractivity contribution in [2.45, 2.75) is 49.7 Å². The summed E-state index contributed by atoms with van der Waals surface area (Å²) in [6.45, 7) is 0.357. The number of hydrogen-bond acceptors (Lipinski definition) is 7. The van der Waals surface area contributed by atoms with Crippen LogP contribution in [-0.2, 0) is 25.4 Å². The molecule has 1 aromatic carbocycles. The van der Waals surface area contributed by atoms with Crippen molar-refractivity contribution in [3.05, 3.63) is 35.9 Å². The number of likely N-dealkylation sites (tertiary alicyclic amines) is 1. The standard InChI is InChI=1S/C21H35N7O5S/c1-27(13-18(29)25-16-10-6-12-28(20(16)31)21(23)24)19(30)17(9-5-11-22)26-34(32,33)14-15-7-3-2-4-8-15/h2-4,7-8,16-17,20,26,31H,5-6,9-14,22H2,1H3,(H3,23,24)(H,25,29). The Bertz CT molecular complexity index is 944. The Balaban J connectivity index is 1.99. The highest BCUT2D eigenvalue weighted by molar-refractivity contribution is 7.88. The van der Waals surface area contributed by atoms with Crippen molar-refractivity contribution in [2.24, 2.45) is 11.5 Å². The van der Waals surface area contributed by atoms with Crippen LogP contribution in [0.1, 0.15) is 31.2 Å². The molecule has 3 atom stereocenters. The van der Waals surface area contributed by atoms with Crippen LogP contribution >= 0.6 is 0 Å². The fourth-order valence-electron chi connectivity index (χ4n) is 3.81. The summed E-state index contributed by atoms with van der Waals surface area (Å²) in [7, 11) is -2.42. The molecule has 8 N–H and O–H groups in total. The molecule has 190 valence electrons. The van der Waals surface area contributed by atoms with E-state index in [1.807, 2.05) is 0 Å². The van der Waals surface area contributed by atoms with Crippen molar-refractivity contribution >= 4 is 27.8 Å². The largest absolute Gasteiger partial charge is 0.371 e. The smallest absolute Gasteiger partial charge is 0.240 e. The predicted octanol–water partition coefficient (Wildman–Crippen LogP) is -1.54. The summed E-state index contributed by atoms with van der Waals surface area (Å²) in [5.74, 6) is -1.65. The van der Waals surface area contributed by atoms with Crippen molar-refractivity contribution in [2.75, 3.05) is 26.7 Å². The van der Waals surface area contributed by atoms with Gasteiger partial charge in [0.1, 0.15) is 12.3 Å². The zero-order valence-electron chi connectivity index (χ0n) is 19.3. The molecule has 1 aromatic rings. The van der Waals surface area contributed by atoms with Crippen LogP contribution in [0.25, 0.3) is 0 Å². The first kappa shape index (κ1) is 27.5. The van der Waals surface area contributed by atoms with Gasteiger partial charge in [0.2, 0.25) is 21.8 Å². The van der Waals surface area contributed by atoms with Gasteiger partial charge in [-0.2, -0.15) is 0 Å². The van der Waals surface area contributed by atoms with Crippen LogP contribution in [0.5, 0.6) is 0 Å². The molecule has 0 aliphatic carbocycles. The van der Waals surface area contributed by atoms with Gasteiger partial charge in [0.05, 0.1) is 18.3 Å². The van der Waals surface area contributed by atoms with Gasteiger partial charge in [-0.1, -0.05) is 30.3 Å². The molecule has 12 nitrogen and oxygen atoms in total. The van der Waals surface area contributed by atoms with Crippen LogP contribution in [0.4, 0.5) is 0 Å². The molecule has 1 aliphatic rings. The molecular weight excluding hydrogens is 462 g/mol. The number of sulfonamides is 1.